The van der Waals surface area contributed by atoms with Crippen molar-refractivity contribution in [3.8, 4) is 0 Å². The van der Waals surface area contributed by atoms with Crippen molar-refractivity contribution in [1.29, 1.82) is 0 Å². The average Bonchev–Trinajstić information content (AvgIpc) is 2.19. The largest absolute Gasteiger partial charge is 0.375 e. The highest BCUT2D eigenvalue weighted by Gasteiger charge is 1.97. The fourth-order valence-electron chi connectivity index (χ4n) is 0.976. The Balaban J connectivity index is 2.20. The van der Waals surface area contributed by atoms with Gasteiger partial charge in [0.05, 0.1) is 13.2 Å². The Hall–Kier alpha value is -0.900. The molecule has 0 amide bonds. The third-order valence-electron chi connectivity index (χ3n) is 1.76. The van der Waals surface area contributed by atoms with Crippen LogP contribution in [-0.4, -0.2) is 12.6 Å². The van der Waals surface area contributed by atoms with Crippen molar-refractivity contribution in [2.24, 2.45) is 5.84 Å². The Bertz CT molecular complexity index is 226. The molecular formula is C10H16N2O. The molecule has 3 N–H and O–H groups in total. The predicted octanol–water partition coefficient (Wildman–Crippen LogP) is 1.05. The highest BCUT2D eigenvalue weighted by atomic mass is 16.5. The Labute approximate surface area is 78.9 Å². The second-order valence-electron chi connectivity index (χ2n) is 3.07. The number of benzene rings is 1. The molecule has 3 nitrogen and oxygen atoms in total. The smallest absolute Gasteiger partial charge is 0.0717 e. The maximum Gasteiger partial charge on any atom is 0.0717 e. The zero-order chi connectivity index (χ0) is 9.52. The van der Waals surface area contributed by atoms with Crippen LogP contribution in [0.4, 0.5) is 0 Å². The summed E-state index contributed by atoms with van der Waals surface area (Å²) in [4.78, 5) is 0. The van der Waals surface area contributed by atoms with Gasteiger partial charge in [0.25, 0.3) is 0 Å². The van der Waals surface area contributed by atoms with Gasteiger partial charge in [-0.1, -0.05) is 30.3 Å². The molecule has 0 fully saturated rings. The molecule has 1 aromatic carbocycles. The van der Waals surface area contributed by atoms with E-state index >= 15 is 0 Å². The molecule has 1 unspecified atom stereocenters. The molecule has 0 aliphatic rings. The van der Waals surface area contributed by atoms with Gasteiger partial charge in [0.1, 0.15) is 0 Å². The van der Waals surface area contributed by atoms with Crippen LogP contribution in [0.2, 0.25) is 0 Å². The number of hydrazine groups is 1. The molecule has 1 rings (SSSR count). The minimum Gasteiger partial charge on any atom is -0.375 e. The number of nitrogens with two attached hydrogens (primary N) is 1. The lowest BCUT2D eigenvalue weighted by Gasteiger charge is -2.10. The fourth-order valence-corrected chi connectivity index (χ4v) is 0.976. The van der Waals surface area contributed by atoms with Crippen LogP contribution < -0.4 is 11.3 Å². The summed E-state index contributed by atoms with van der Waals surface area (Å²) >= 11 is 0. The zero-order valence-electron chi connectivity index (χ0n) is 7.86. The lowest BCUT2D eigenvalue weighted by atomic mass is 10.2. The molecule has 0 spiro atoms. The van der Waals surface area contributed by atoms with E-state index in [0.717, 1.165) is 0 Å². The molecule has 72 valence electrons. The summed E-state index contributed by atoms with van der Waals surface area (Å²) in [5, 5.41) is 0. The first kappa shape index (κ1) is 10.2. The molecule has 0 aliphatic carbocycles. The van der Waals surface area contributed by atoms with E-state index in [1.807, 2.05) is 37.3 Å². The highest BCUT2D eigenvalue weighted by Crippen LogP contribution is 2.00. The minimum absolute atomic E-state index is 0.198. The third kappa shape index (κ3) is 4.03. The van der Waals surface area contributed by atoms with Gasteiger partial charge in [-0.15, -0.1) is 0 Å². The van der Waals surface area contributed by atoms with Gasteiger partial charge in [-0.05, 0) is 12.5 Å². The molecule has 0 aromatic heterocycles. The molecule has 0 bridgehead atoms. The Kier molecular flexibility index (Phi) is 4.46. The number of nitrogens with one attached hydrogen (secondary N) is 1. The van der Waals surface area contributed by atoms with Crippen molar-refractivity contribution in [3.63, 3.8) is 0 Å². The summed E-state index contributed by atoms with van der Waals surface area (Å²) in [6.45, 7) is 3.25. The van der Waals surface area contributed by atoms with E-state index in [1.165, 1.54) is 5.56 Å². The Morgan fingerprint density at radius 2 is 2.08 bits per heavy atom. The molecule has 3 heteroatoms. The van der Waals surface area contributed by atoms with E-state index in [0.29, 0.717) is 13.2 Å². The molecule has 0 saturated heterocycles. The van der Waals surface area contributed by atoms with Gasteiger partial charge in [0.15, 0.2) is 0 Å². The summed E-state index contributed by atoms with van der Waals surface area (Å²) < 4.78 is 5.43. The van der Waals surface area contributed by atoms with Gasteiger partial charge in [0, 0.05) is 6.04 Å². The van der Waals surface area contributed by atoms with Crippen LogP contribution in [0.15, 0.2) is 30.3 Å². The monoisotopic (exact) mass is 180 g/mol. The van der Waals surface area contributed by atoms with Crippen LogP contribution in [0.1, 0.15) is 12.5 Å². The Morgan fingerprint density at radius 1 is 1.38 bits per heavy atom. The van der Waals surface area contributed by atoms with Gasteiger partial charge in [0.2, 0.25) is 0 Å². The van der Waals surface area contributed by atoms with E-state index in [9.17, 15) is 0 Å². The van der Waals surface area contributed by atoms with E-state index < -0.39 is 0 Å². The lowest BCUT2D eigenvalue weighted by Crippen LogP contribution is -2.35. The summed E-state index contributed by atoms with van der Waals surface area (Å²) in [5.41, 5.74) is 3.81. The van der Waals surface area contributed by atoms with Gasteiger partial charge >= 0.3 is 0 Å². The van der Waals surface area contributed by atoms with Crippen molar-refractivity contribution in [2.45, 2.75) is 19.6 Å². The quantitative estimate of drug-likeness (QED) is 0.526. The van der Waals surface area contributed by atoms with Gasteiger partial charge < -0.3 is 4.74 Å². The standard InChI is InChI=1S/C10H16N2O/c1-9(12-11)7-13-8-10-5-3-2-4-6-10/h2-6,9,12H,7-8,11H2,1H3. The summed E-state index contributed by atoms with van der Waals surface area (Å²) in [6.07, 6.45) is 0. The second kappa shape index (κ2) is 5.70. The van der Waals surface area contributed by atoms with Crippen molar-refractivity contribution in [2.75, 3.05) is 6.61 Å². The molecule has 0 saturated carbocycles. The maximum atomic E-state index is 5.43. The molecule has 1 aromatic rings. The highest BCUT2D eigenvalue weighted by molar-refractivity contribution is 5.13. The van der Waals surface area contributed by atoms with Crippen LogP contribution in [0.3, 0.4) is 0 Å². The van der Waals surface area contributed by atoms with Crippen molar-refractivity contribution < 1.29 is 4.74 Å². The van der Waals surface area contributed by atoms with E-state index in [1.54, 1.807) is 0 Å². The number of rotatable bonds is 5. The topological polar surface area (TPSA) is 47.3 Å². The van der Waals surface area contributed by atoms with Gasteiger partial charge in [-0.25, -0.2) is 0 Å². The maximum absolute atomic E-state index is 5.43. The second-order valence-corrected chi connectivity index (χ2v) is 3.07. The number of hydrogen-bond donors (Lipinski definition) is 2. The van der Waals surface area contributed by atoms with E-state index in [2.05, 4.69) is 5.43 Å². The molecule has 0 heterocycles. The molecule has 13 heavy (non-hydrogen) atoms. The van der Waals surface area contributed by atoms with Gasteiger partial charge in [-0.3, -0.25) is 11.3 Å². The van der Waals surface area contributed by atoms with Crippen molar-refractivity contribution >= 4 is 0 Å². The summed E-state index contributed by atoms with van der Waals surface area (Å²) in [6, 6.07) is 10.3. The first-order valence-electron chi connectivity index (χ1n) is 4.40. The van der Waals surface area contributed by atoms with E-state index in [-0.39, 0.29) is 6.04 Å². The number of hydrogen-bond acceptors (Lipinski definition) is 3. The van der Waals surface area contributed by atoms with Crippen LogP contribution >= 0.6 is 0 Å². The minimum atomic E-state index is 0.198. The predicted molar refractivity (Wildman–Crippen MR) is 52.9 cm³/mol. The van der Waals surface area contributed by atoms with E-state index in [4.69, 9.17) is 10.6 Å². The summed E-state index contributed by atoms with van der Waals surface area (Å²) in [5.74, 6) is 5.22. The Morgan fingerprint density at radius 3 is 2.69 bits per heavy atom. The van der Waals surface area contributed by atoms with Gasteiger partial charge in [-0.2, -0.15) is 0 Å². The fraction of sp³-hybridized carbons (Fsp3) is 0.400. The molecule has 0 radical (unpaired) electrons. The molecular weight excluding hydrogens is 164 g/mol. The summed E-state index contributed by atoms with van der Waals surface area (Å²) in [7, 11) is 0. The van der Waals surface area contributed by atoms with Crippen molar-refractivity contribution in [3.05, 3.63) is 35.9 Å². The van der Waals surface area contributed by atoms with Crippen LogP contribution in [0.5, 0.6) is 0 Å². The van der Waals surface area contributed by atoms with Crippen LogP contribution in [0, 0.1) is 0 Å². The van der Waals surface area contributed by atoms with Crippen molar-refractivity contribution in [1.82, 2.24) is 5.43 Å². The average molecular weight is 180 g/mol. The van der Waals surface area contributed by atoms with Crippen LogP contribution in [0.25, 0.3) is 0 Å². The molecule has 1 atom stereocenters. The number of ether oxygens (including phenoxy) is 1. The zero-order valence-corrected chi connectivity index (χ0v) is 7.86. The third-order valence-corrected chi connectivity index (χ3v) is 1.76. The SMILES string of the molecule is CC(COCc1ccccc1)NN. The lowest BCUT2D eigenvalue weighted by molar-refractivity contribution is 0.103. The molecule has 0 aliphatic heterocycles. The van der Waals surface area contributed by atoms with Crippen LogP contribution in [-0.2, 0) is 11.3 Å². The normalized spacial score (nSPS) is 12.8. The first-order valence-corrected chi connectivity index (χ1v) is 4.40. The first-order chi connectivity index (χ1) is 6.33.